The fourth-order valence-electron chi connectivity index (χ4n) is 1.04. The summed E-state index contributed by atoms with van der Waals surface area (Å²) in [6.07, 6.45) is 2.10. The van der Waals surface area contributed by atoms with Gasteiger partial charge in [0, 0.05) is 6.54 Å². The number of rotatable bonds is 7. The molecule has 0 aliphatic heterocycles. The number of hydrogen-bond acceptors (Lipinski definition) is 4. The topological polar surface area (TPSA) is 78.6 Å². The second kappa shape index (κ2) is 7.97. The minimum atomic E-state index is -0.218. The average molecular weight is 189 g/mol. The van der Waals surface area contributed by atoms with Gasteiger partial charge in [-0.3, -0.25) is 15.1 Å². The second-order valence-corrected chi connectivity index (χ2v) is 2.92. The summed E-state index contributed by atoms with van der Waals surface area (Å²) in [4.78, 5) is 12.8. The molecule has 0 heterocycles. The van der Waals surface area contributed by atoms with Crippen molar-refractivity contribution in [2.75, 3.05) is 26.2 Å². The van der Waals surface area contributed by atoms with Crippen molar-refractivity contribution in [3.63, 3.8) is 0 Å². The van der Waals surface area contributed by atoms with E-state index in [0.717, 1.165) is 19.4 Å². The SMILES string of the molecule is CCCCN(CCO)CC(=O)NN. The van der Waals surface area contributed by atoms with Gasteiger partial charge in [-0.25, -0.2) is 5.84 Å². The highest BCUT2D eigenvalue weighted by Crippen LogP contribution is 1.93. The van der Waals surface area contributed by atoms with Crippen molar-refractivity contribution < 1.29 is 9.90 Å². The summed E-state index contributed by atoms with van der Waals surface area (Å²) >= 11 is 0. The Morgan fingerprint density at radius 3 is 2.69 bits per heavy atom. The number of carbonyl (C=O) groups is 1. The minimum absolute atomic E-state index is 0.0710. The number of aliphatic hydroxyl groups excluding tert-OH is 1. The molecule has 4 N–H and O–H groups in total. The van der Waals surface area contributed by atoms with Crippen molar-refractivity contribution in [1.82, 2.24) is 10.3 Å². The monoisotopic (exact) mass is 189 g/mol. The van der Waals surface area contributed by atoms with Crippen LogP contribution in [0.3, 0.4) is 0 Å². The van der Waals surface area contributed by atoms with Crippen LogP contribution in [-0.4, -0.2) is 42.2 Å². The zero-order valence-corrected chi connectivity index (χ0v) is 8.12. The molecule has 78 valence electrons. The van der Waals surface area contributed by atoms with Gasteiger partial charge in [-0.15, -0.1) is 0 Å². The van der Waals surface area contributed by atoms with Crippen LogP contribution in [0.15, 0.2) is 0 Å². The van der Waals surface area contributed by atoms with Gasteiger partial charge in [-0.05, 0) is 13.0 Å². The van der Waals surface area contributed by atoms with Crippen LogP contribution < -0.4 is 11.3 Å². The van der Waals surface area contributed by atoms with Crippen molar-refractivity contribution in [3.05, 3.63) is 0 Å². The molecule has 5 nitrogen and oxygen atoms in total. The Hall–Kier alpha value is -0.650. The first-order valence-electron chi connectivity index (χ1n) is 4.57. The quantitative estimate of drug-likeness (QED) is 0.275. The van der Waals surface area contributed by atoms with E-state index in [2.05, 4.69) is 12.3 Å². The maximum Gasteiger partial charge on any atom is 0.248 e. The lowest BCUT2D eigenvalue weighted by Crippen LogP contribution is -2.41. The molecule has 0 aromatic rings. The molecule has 0 aliphatic carbocycles. The zero-order chi connectivity index (χ0) is 10.1. The van der Waals surface area contributed by atoms with Crippen LogP contribution in [0.4, 0.5) is 0 Å². The van der Waals surface area contributed by atoms with E-state index in [9.17, 15) is 4.79 Å². The Labute approximate surface area is 78.9 Å². The lowest BCUT2D eigenvalue weighted by atomic mass is 10.3. The molecular weight excluding hydrogens is 170 g/mol. The van der Waals surface area contributed by atoms with Crippen LogP contribution in [0.2, 0.25) is 0 Å². The molecule has 1 amide bonds. The maximum absolute atomic E-state index is 10.9. The number of hydrazine groups is 1. The van der Waals surface area contributed by atoms with Crippen molar-refractivity contribution in [1.29, 1.82) is 0 Å². The van der Waals surface area contributed by atoms with Crippen molar-refractivity contribution in [3.8, 4) is 0 Å². The molecule has 0 aromatic carbocycles. The van der Waals surface area contributed by atoms with E-state index in [1.54, 1.807) is 0 Å². The lowest BCUT2D eigenvalue weighted by molar-refractivity contribution is -0.122. The van der Waals surface area contributed by atoms with Crippen LogP contribution >= 0.6 is 0 Å². The first-order chi connectivity index (χ1) is 6.24. The molecule has 0 saturated carbocycles. The average Bonchev–Trinajstić information content (AvgIpc) is 2.14. The highest BCUT2D eigenvalue weighted by molar-refractivity contribution is 5.77. The van der Waals surface area contributed by atoms with Crippen molar-refractivity contribution in [2.45, 2.75) is 19.8 Å². The number of nitrogens with zero attached hydrogens (tertiary/aromatic N) is 1. The second-order valence-electron chi connectivity index (χ2n) is 2.92. The van der Waals surface area contributed by atoms with Crippen LogP contribution in [-0.2, 0) is 4.79 Å². The molecule has 5 heteroatoms. The van der Waals surface area contributed by atoms with Gasteiger partial charge in [0.2, 0.25) is 5.91 Å². The van der Waals surface area contributed by atoms with Gasteiger partial charge in [-0.1, -0.05) is 13.3 Å². The Bertz CT molecular complexity index is 141. The predicted octanol–water partition coefficient (Wildman–Crippen LogP) is -0.929. The Kier molecular flexibility index (Phi) is 7.57. The van der Waals surface area contributed by atoms with Crippen LogP contribution in [0, 0.1) is 0 Å². The molecule has 0 rings (SSSR count). The molecule has 0 aliphatic rings. The Morgan fingerprint density at radius 2 is 2.23 bits per heavy atom. The third kappa shape index (κ3) is 6.51. The summed E-state index contributed by atoms with van der Waals surface area (Å²) in [5.74, 6) is 4.74. The molecule has 0 bridgehead atoms. The maximum atomic E-state index is 10.9. The summed E-state index contributed by atoms with van der Waals surface area (Å²) in [5.41, 5.74) is 2.07. The molecule has 0 atom stereocenters. The number of carbonyl (C=O) groups excluding carboxylic acids is 1. The fourth-order valence-corrected chi connectivity index (χ4v) is 1.04. The number of nitrogens with one attached hydrogen (secondary N) is 1. The molecular formula is C8H19N3O2. The van der Waals surface area contributed by atoms with Gasteiger partial charge in [0.05, 0.1) is 13.2 Å². The van der Waals surface area contributed by atoms with Crippen LogP contribution in [0.5, 0.6) is 0 Å². The zero-order valence-electron chi connectivity index (χ0n) is 8.12. The van der Waals surface area contributed by atoms with Crippen molar-refractivity contribution in [2.24, 2.45) is 5.84 Å². The van der Waals surface area contributed by atoms with Crippen LogP contribution in [0.1, 0.15) is 19.8 Å². The summed E-state index contributed by atoms with van der Waals surface area (Å²) < 4.78 is 0. The molecule has 0 saturated heterocycles. The first-order valence-corrected chi connectivity index (χ1v) is 4.57. The van der Waals surface area contributed by atoms with Gasteiger partial charge in [0.1, 0.15) is 0 Å². The Morgan fingerprint density at radius 1 is 1.54 bits per heavy atom. The van der Waals surface area contributed by atoms with E-state index in [4.69, 9.17) is 10.9 Å². The molecule has 13 heavy (non-hydrogen) atoms. The number of hydrogen-bond donors (Lipinski definition) is 3. The van der Waals surface area contributed by atoms with Gasteiger partial charge in [-0.2, -0.15) is 0 Å². The lowest BCUT2D eigenvalue weighted by Gasteiger charge is -2.19. The number of amides is 1. The standard InChI is InChI=1S/C8H19N3O2/c1-2-3-4-11(5-6-12)7-8(13)10-9/h12H,2-7,9H2,1H3,(H,10,13). The molecule has 0 radical (unpaired) electrons. The third-order valence-electron chi connectivity index (χ3n) is 1.77. The molecule has 0 unspecified atom stereocenters. The highest BCUT2D eigenvalue weighted by Gasteiger charge is 2.07. The van der Waals surface area contributed by atoms with Gasteiger partial charge < -0.3 is 5.11 Å². The van der Waals surface area contributed by atoms with E-state index in [1.807, 2.05) is 4.90 Å². The van der Waals surface area contributed by atoms with Crippen molar-refractivity contribution >= 4 is 5.91 Å². The van der Waals surface area contributed by atoms with E-state index in [-0.39, 0.29) is 19.1 Å². The highest BCUT2D eigenvalue weighted by atomic mass is 16.3. The predicted molar refractivity (Wildman–Crippen MR) is 50.8 cm³/mol. The van der Waals surface area contributed by atoms with Crippen LogP contribution in [0.25, 0.3) is 0 Å². The number of aliphatic hydroxyl groups is 1. The minimum Gasteiger partial charge on any atom is -0.395 e. The van der Waals surface area contributed by atoms with Gasteiger partial charge >= 0.3 is 0 Å². The smallest absolute Gasteiger partial charge is 0.248 e. The Balaban J connectivity index is 3.71. The van der Waals surface area contributed by atoms with E-state index in [0.29, 0.717) is 6.54 Å². The molecule has 0 aromatic heterocycles. The van der Waals surface area contributed by atoms with E-state index < -0.39 is 0 Å². The first kappa shape index (κ1) is 12.3. The third-order valence-corrected chi connectivity index (χ3v) is 1.77. The van der Waals surface area contributed by atoms with Gasteiger partial charge in [0.25, 0.3) is 0 Å². The summed E-state index contributed by atoms with van der Waals surface area (Å²) in [5, 5.41) is 8.72. The fraction of sp³-hybridized carbons (Fsp3) is 0.875. The molecule has 0 spiro atoms. The number of unbranched alkanes of at least 4 members (excludes halogenated alkanes) is 1. The van der Waals surface area contributed by atoms with E-state index in [1.165, 1.54) is 0 Å². The largest absolute Gasteiger partial charge is 0.395 e. The summed E-state index contributed by atoms with van der Waals surface area (Å²) in [6.45, 7) is 3.76. The van der Waals surface area contributed by atoms with E-state index >= 15 is 0 Å². The normalized spacial score (nSPS) is 10.5. The summed E-state index contributed by atoms with van der Waals surface area (Å²) in [6, 6.07) is 0. The molecule has 0 fully saturated rings. The van der Waals surface area contributed by atoms with Gasteiger partial charge in [0.15, 0.2) is 0 Å². The summed E-state index contributed by atoms with van der Waals surface area (Å²) in [7, 11) is 0. The number of nitrogens with two attached hydrogens (primary N) is 1.